The molecule has 27 heavy (non-hydrogen) atoms. The fraction of sp³-hybridized carbons (Fsp3) is 0.350. The maximum atomic E-state index is 13.0. The molecule has 3 rings (SSSR count). The monoisotopic (exact) mass is 388 g/mol. The van der Waals surface area contributed by atoms with Gasteiger partial charge in [0, 0.05) is 19.0 Å². The minimum absolute atomic E-state index is 0.115. The van der Waals surface area contributed by atoms with Crippen LogP contribution < -0.4 is 10.1 Å². The highest BCUT2D eigenvalue weighted by atomic mass is 32.2. The molecular weight excluding hydrogens is 364 g/mol. The molecule has 2 aromatic carbocycles. The highest BCUT2D eigenvalue weighted by Gasteiger charge is 2.34. The number of rotatable bonds is 6. The number of piperidine rings is 1. The molecule has 0 radical (unpaired) electrons. The number of nitrogens with zero attached hydrogens (tertiary/aromatic N) is 1. The molecule has 1 aliphatic rings. The number of benzene rings is 2. The number of carbonyl (C=O) groups is 1. The molecule has 1 atom stereocenters. The molecule has 0 saturated carbocycles. The molecule has 1 heterocycles. The smallest absolute Gasteiger partial charge is 0.243 e. The van der Waals surface area contributed by atoms with E-state index in [1.165, 1.54) is 4.31 Å². The van der Waals surface area contributed by atoms with Gasteiger partial charge in [0.05, 0.1) is 17.7 Å². The predicted octanol–water partition coefficient (Wildman–Crippen LogP) is 3.27. The van der Waals surface area contributed by atoms with Crippen LogP contribution in [0.3, 0.4) is 0 Å². The van der Waals surface area contributed by atoms with E-state index in [1.807, 2.05) is 12.1 Å². The van der Waals surface area contributed by atoms with Crippen LogP contribution in [-0.2, 0) is 14.8 Å². The van der Waals surface area contributed by atoms with Crippen LogP contribution in [-0.4, -0.2) is 38.3 Å². The number of sulfonamides is 1. The summed E-state index contributed by atoms with van der Waals surface area (Å²) < 4.78 is 32.8. The number of hydrogen-bond donors (Lipinski definition) is 1. The SMILES string of the molecule is COc1ccccc1NC(=O)C[C@@H]1CCCCN1S(=O)(=O)c1ccccc1. The summed E-state index contributed by atoms with van der Waals surface area (Å²) in [4.78, 5) is 12.8. The molecule has 0 bridgehead atoms. The Morgan fingerprint density at radius 2 is 1.81 bits per heavy atom. The Morgan fingerprint density at radius 3 is 2.56 bits per heavy atom. The van der Waals surface area contributed by atoms with Crippen LogP contribution in [0.1, 0.15) is 25.7 Å². The highest BCUT2D eigenvalue weighted by molar-refractivity contribution is 7.89. The Balaban J connectivity index is 1.75. The lowest BCUT2D eigenvalue weighted by Crippen LogP contribution is -2.45. The van der Waals surface area contributed by atoms with Crippen molar-refractivity contribution >= 4 is 21.6 Å². The lowest BCUT2D eigenvalue weighted by Gasteiger charge is -2.34. The molecule has 1 saturated heterocycles. The molecular formula is C20H24N2O4S. The van der Waals surface area contributed by atoms with Gasteiger partial charge in [-0.3, -0.25) is 4.79 Å². The number of methoxy groups -OCH3 is 1. The first-order chi connectivity index (χ1) is 13.0. The van der Waals surface area contributed by atoms with E-state index in [4.69, 9.17) is 4.74 Å². The fourth-order valence-electron chi connectivity index (χ4n) is 3.39. The van der Waals surface area contributed by atoms with Crippen molar-refractivity contribution in [1.29, 1.82) is 0 Å². The molecule has 0 unspecified atom stereocenters. The van der Waals surface area contributed by atoms with Crippen LogP contribution in [0.4, 0.5) is 5.69 Å². The zero-order chi connectivity index (χ0) is 19.3. The van der Waals surface area contributed by atoms with E-state index in [0.717, 1.165) is 12.8 Å². The van der Waals surface area contributed by atoms with Crippen LogP contribution in [0.2, 0.25) is 0 Å². The molecule has 0 aliphatic carbocycles. The minimum atomic E-state index is -3.61. The van der Waals surface area contributed by atoms with Gasteiger partial charge in [-0.05, 0) is 37.1 Å². The summed E-state index contributed by atoms with van der Waals surface area (Å²) in [5.41, 5.74) is 0.582. The number of nitrogens with one attached hydrogen (secondary N) is 1. The van der Waals surface area contributed by atoms with E-state index in [2.05, 4.69) is 5.32 Å². The van der Waals surface area contributed by atoms with E-state index in [-0.39, 0.29) is 23.3 Å². The van der Waals surface area contributed by atoms with Gasteiger partial charge in [-0.1, -0.05) is 36.8 Å². The van der Waals surface area contributed by atoms with Crippen molar-refractivity contribution in [1.82, 2.24) is 4.31 Å². The van der Waals surface area contributed by atoms with E-state index < -0.39 is 10.0 Å². The minimum Gasteiger partial charge on any atom is -0.495 e. The number of ether oxygens (including phenoxy) is 1. The number of hydrogen-bond acceptors (Lipinski definition) is 4. The van der Waals surface area contributed by atoms with Crippen LogP contribution in [0.15, 0.2) is 59.5 Å². The van der Waals surface area contributed by atoms with Crippen molar-refractivity contribution in [3.63, 3.8) is 0 Å². The lowest BCUT2D eigenvalue weighted by molar-refractivity contribution is -0.117. The largest absolute Gasteiger partial charge is 0.495 e. The fourth-order valence-corrected chi connectivity index (χ4v) is 5.10. The second kappa shape index (κ2) is 8.54. The highest BCUT2D eigenvalue weighted by Crippen LogP contribution is 2.28. The molecule has 6 nitrogen and oxygen atoms in total. The molecule has 2 aromatic rings. The summed E-state index contributed by atoms with van der Waals surface area (Å²) in [5, 5.41) is 2.84. The van der Waals surface area contributed by atoms with Gasteiger partial charge in [0.1, 0.15) is 5.75 Å². The second-order valence-electron chi connectivity index (χ2n) is 6.53. The molecule has 1 aliphatic heterocycles. The maximum Gasteiger partial charge on any atom is 0.243 e. The standard InChI is InChI=1S/C20H24N2O4S/c1-26-19-13-6-5-12-18(19)21-20(23)15-16-9-7-8-14-22(16)27(24,25)17-10-3-2-4-11-17/h2-6,10-13,16H,7-9,14-15H2,1H3,(H,21,23)/t16-/m0/s1. The molecule has 1 fully saturated rings. The molecule has 0 spiro atoms. The summed E-state index contributed by atoms with van der Waals surface area (Å²) >= 11 is 0. The van der Waals surface area contributed by atoms with Crippen molar-refractivity contribution in [2.75, 3.05) is 19.0 Å². The first-order valence-corrected chi connectivity index (χ1v) is 10.5. The third-order valence-corrected chi connectivity index (χ3v) is 6.69. The van der Waals surface area contributed by atoms with Crippen LogP contribution >= 0.6 is 0 Å². The molecule has 7 heteroatoms. The van der Waals surface area contributed by atoms with Crippen LogP contribution in [0, 0.1) is 0 Å². The summed E-state index contributed by atoms with van der Waals surface area (Å²) in [7, 11) is -2.07. The average Bonchev–Trinajstić information content (AvgIpc) is 2.69. The number of anilines is 1. The number of amides is 1. The molecule has 1 N–H and O–H groups in total. The quantitative estimate of drug-likeness (QED) is 0.824. The van der Waals surface area contributed by atoms with Gasteiger partial charge in [0.2, 0.25) is 15.9 Å². The Bertz CT molecular complexity index is 884. The van der Waals surface area contributed by atoms with Gasteiger partial charge in [-0.25, -0.2) is 8.42 Å². The van der Waals surface area contributed by atoms with E-state index in [0.29, 0.717) is 24.4 Å². The molecule has 1 amide bonds. The van der Waals surface area contributed by atoms with Gasteiger partial charge >= 0.3 is 0 Å². The van der Waals surface area contributed by atoms with Gasteiger partial charge in [-0.15, -0.1) is 0 Å². The van der Waals surface area contributed by atoms with Crippen molar-refractivity contribution in [2.45, 2.75) is 36.6 Å². The Morgan fingerprint density at radius 1 is 1.11 bits per heavy atom. The Labute approximate surface area is 160 Å². The van der Waals surface area contributed by atoms with Gasteiger partial charge in [0.25, 0.3) is 0 Å². The maximum absolute atomic E-state index is 13.0. The van der Waals surface area contributed by atoms with Crippen molar-refractivity contribution in [3.05, 3.63) is 54.6 Å². The number of carbonyl (C=O) groups excluding carboxylic acids is 1. The topological polar surface area (TPSA) is 75.7 Å². The van der Waals surface area contributed by atoms with Crippen LogP contribution in [0.25, 0.3) is 0 Å². The van der Waals surface area contributed by atoms with Gasteiger partial charge in [0.15, 0.2) is 0 Å². The summed E-state index contributed by atoms with van der Waals surface area (Å²) in [6, 6.07) is 15.2. The first kappa shape index (κ1) is 19.4. The van der Waals surface area contributed by atoms with Crippen molar-refractivity contribution in [3.8, 4) is 5.75 Å². The van der Waals surface area contributed by atoms with E-state index in [9.17, 15) is 13.2 Å². The van der Waals surface area contributed by atoms with Crippen molar-refractivity contribution < 1.29 is 17.9 Å². The normalized spacial score (nSPS) is 18.0. The third-order valence-electron chi connectivity index (χ3n) is 4.72. The van der Waals surface area contributed by atoms with Gasteiger partial charge in [-0.2, -0.15) is 4.31 Å². The lowest BCUT2D eigenvalue weighted by atomic mass is 10.0. The molecule has 0 aromatic heterocycles. The van der Waals surface area contributed by atoms with Crippen LogP contribution in [0.5, 0.6) is 5.75 Å². The zero-order valence-electron chi connectivity index (χ0n) is 15.3. The average molecular weight is 388 g/mol. The zero-order valence-corrected chi connectivity index (χ0v) is 16.1. The second-order valence-corrected chi connectivity index (χ2v) is 8.42. The molecule has 144 valence electrons. The third kappa shape index (κ3) is 4.48. The number of para-hydroxylation sites is 2. The summed E-state index contributed by atoms with van der Waals surface area (Å²) in [5.74, 6) is 0.350. The summed E-state index contributed by atoms with van der Waals surface area (Å²) in [6.07, 6.45) is 2.50. The first-order valence-electron chi connectivity index (χ1n) is 9.02. The van der Waals surface area contributed by atoms with E-state index in [1.54, 1.807) is 49.6 Å². The van der Waals surface area contributed by atoms with E-state index >= 15 is 0 Å². The van der Waals surface area contributed by atoms with Crippen molar-refractivity contribution in [2.24, 2.45) is 0 Å². The Hall–Kier alpha value is -2.38. The van der Waals surface area contributed by atoms with Gasteiger partial charge < -0.3 is 10.1 Å². The predicted molar refractivity (Wildman–Crippen MR) is 104 cm³/mol. The summed E-state index contributed by atoms with van der Waals surface area (Å²) in [6.45, 7) is 0.434. The Kier molecular flexibility index (Phi) is 6.13.